The van der Waals surface area contributed by atoms with Crippen molar-refractivity contribution in [3.8, 4) is 11.3 Å². The van der Waals surface area contributed by atoms with Crippen LogP contribution in [0.1, 0.15) is 68.0 Å². The SMILES string of the molecule is CC(O)(c1ccc(-c2nc(C34CCC(C(=O)O)(CC3)CC4)n3ccnc(N)c23)cc1)c1cccc(C(F)(F)F)c1. The number of nitrogen functional groups attached to an aromatic ring is 1. The first-order chi connectivity index (χ1) is 18.9. The fraction of sp³-hybridized carbons (Fsp3) is 0.367. The quantitative estimate of drug-likeness (QED) is 0.284. The molecule has 0 amide bonds. The van der Waals surface area contributed by atoms with E-state index in [1.54, 1.807) is 30.5 Å². The van der Waals surface area contributed by atoms with Crippen molar-refractivity contribution < 1.29 is 28.2 Å². The number of hydrogen-bond acceptors (Lipinski definition) is 5. The lowest BCUT2D eigenvalue weighted by molar-refractivity contribution is -0.156. The zero-order valence-corrected chi connectivity index (χ0v) is 21.9. The average Bonchev–Trinajstić information content (AvgIpc) is 3.35. The molecule has 1 unspecified atom stereocenters. The number of aliphatic carboxylic acids is 1. The molecule has 3 aliphatic carbocycles. The van der Waals surface area contributed by atoms with Gasteiger partial charge < -0.3 is 15.9 Å². The third-order valence-corrected chi connectivity index (χ3v) is 9.23. The highest BCUT2D eigenvalue weighted by atomic mass is 19.4. The molecule has 0 radical (unpaired) electrons. The third-order valence-electron chi connectivity index (χ3n) is 9.23. The molecule has 0 saturated heterocycles. The van der Waals surface area contributed by atoms with Crippen LogP contribution in [0.2, 0.25) is 0 Å². The molecule has 3 saturated carbocycles. The summed E-state index contributed by atoms with van der Waals surface area (Å²) in [4.78, 5) is 21.3. The molecule has 4 aromatic rings. The van der Waals surface area contributed by atoms with E-state index in [0.717, 1.165) is 42.8 Å². The maximum atomic E-state index is 13.3. The van der Waals surface area contributed by atoms with E-state index >= 15 is 0 Å². The number of alkyl halides is 3. The number of aliphatic hydroxyl groups is 1. The van der Waals surface area contributed by atoms with Gasteiger partial charge in [0.1, 0.15) is 28.5 Å². The van der Waals surface area contributed by atoms with Crippen LogP contribution in [-0.4, -0.2) is 30.6 Å². The van der Waals surface area contributed by atoms with Crippen LogP contribution in [0.4, 0.5) is 19.0 Å². The molecule has 7 rings (SSSR count). The molecule has 40 heavy (non-hydrogen) atoms. The van der Waals surface area contributed by atoms with Gasteiger partial charge in [-0.1, -0.05) is 36.4 Å². The number of nitrogens with two attached hydrogens (primary N) is 1. The molecule has 0 aliphatic heterocycles. The van der Waals surface area contributed by atoms with Crippen LogP contribution in [0.5, 0.6) is 0 Å². The van der Waals surface area contributed by atoms with Crippen molar-refractivity contribution in [2.45, 2.75) is 62.6 Å². The number of rotatable bonds is 5. The van der Waals surface area contributed by atoms with Crippen LogP contribution in [0, 0.1) is 5.41 Å². The highest BCUT2D eigenvalue weighted by molar-refractivity contribution is 5.85. The van der Waals surface area contributed by atoms with Crippen LogP contribution >= 0.6 is 0 Å². The molecule has 7 nitrogen and oxygen atoms in total. The van der Waals surface area contributed by atoms with Crippen LogP contribution in [0.15, 0.2) is 60.9 Å². The van der Waals surface area contributed by atoms with Gasteiger partial charge in [-0.05, 0) is 68.7 Å². The Morgan fingerprint density at radius 3 is 2.20 bits per heavy atom. The van der Waals surface area contributed by atoms with Crippen molar-refractivity contribution in [2.75, 3.05) is 5.73 Å². The van der Waals surface area contributed by atoms with Gasteiger partial charge in [0.25, 0.3) is 0 Å². The van der Waals surface area contributed by atoms with Crippen LogP contribution < -0.4 is 5.73 Å². The summed E-state index contributed by atoms with van der Waals surface area (Å²) in [6, 6.07) is 11.6. The molecule has 2 aromatic heterocycles. The minimum absolute atomic E-state index is 0.129. The summed E-state index contributed by atoms with van der Waals surface area (Å²) >= 11 is 0. The summed E-state index contributed by atoms with van der Waals surface area (Å²) in [5.41, 5.74) is 5.46. The molecule has 2 bridgehead atoms. The smallest absolute Gasteiger partial charge is 0.416 e. The second-order valence-electron chi connectivity index (χ2n) is 11.4. The minimum atomic E-state index is -4.52. The molecule has 4 N–H and O–H groups in total. The Hall–Kier alpha value is -3.92. The fourth-order valence-electron chi connectivity index (χ4n) is 6.60. The second kappa shape index (κ2) is 8.79. The van der Waals surface area contributed by atoms with Gasteiger partial charge in [0.2, 0.25) is 0 Å². The summed E-state index contributed by atoms with van der Waals surface area (Å²) in [5.74, 6) is 0.425. The molecule has 0 spiro atoms. The van der Waals surface area contributed by atoms with Gasteiger partial charge in [0, 0.05) is 23.4 Å². The highest BCUT2D eigenvalue weighted by Gasteiger charge is 2.54. The third kappa shape index (κ3) is 3.96. The van der Waals surface area contributed by atoms with Gasteiger partial charge in [0.05, 0.1) is 11.0 Å². The Labute approximate surface area is 228 Å². The standard InChI is InChI=1S/C30H29F3N4O3/c1-27(40,20-3-2-4-21(17-20)30(31,32)33)19-7-5-18(6-8-19)22-23-24(34)35-15-16-37(23)25(36-22)28-9-12-29(13-10-28,14-11-28)26(38)39/h2-8,15-17,40H,9-14H2,1H3,(H2,34,35)(H,38,39). The number of carbonyl (C=O) groups is 1. The lowest BCUT2D eigenvalue weighted by Gasteiger charge is -2.50. The number of benzene rings is 2. The lowest BCUT2D eigenvalue weighted by Crippen LogP contribution is -2.48. The number of anilines is 1. The predicted octanol–water partition coefficient (Wildman–Crippen LogP) is 5.93. The second-order valence-corrected chi connectivity index (χ2v) is 11.4. The first kappa shape index (κ1) is 26.3. The maximum Gasteiger partial charge on any atom is 0.416 e. The van der Waals surface area contributed by atoms with Crippen LogP contribution in [-0.2, 0) is 22.0 Å². The minimum Gasteiger partial charge on any atom is -0.481 e. The van der Waals surface area contributed by atoms with Gasteiger partial charge in [0.15, 0.2) is 0 Å². The summed E-state index contributed by atoms with van der Waals surface area (Å²) in [6.07, 6.45) is 2.90. The Bertz CT molecular complexity index is 1600. The van der Waals surface area contributed by atoms with E-state index in [1.807, 2.05) is 10.6 Å². The van der Waals surface area contributed by atoms with E-state index in [0.29, 0.717) is 41.9 Å². The molecule has 3 fully saturated rings. The number of hydrogen-bond donors (Lipinski definition) is 3. The predicted molar refractivity (Wildman–Crippen MR) is 142 cm³/mol. The molecule has 3 aliphatic rings. The Kier molecular flexibility index (Phi) is 5.78. The molecule has 2 aromatic carbocycles. The molecule has 10 heteroatoms. The van der Waals surface area contributed by atoms with Crippen molar-refractivity contribution in [3.63, 3.8) is 0 Å². The fourth-order valence-corrected chi connectivity index (χ4v) is 6.60. The van der Waals surface area contributed by atoms with Crippen LogP contribution in [0.3, 0.4) is 0 Å². The number of fused-ring (bicyclic) bond motifs is 4. The zero-order chi connectivity index (χ0) is 28.5. The van der Waals surface area contributed by atoms with Gasteiger partial charge in [-0.3, -0.25) is 9.20 Å². The zero-order valence-electron chi connectivity index (χ0n) is 21.9. The number of nitrogens with zero attached hydrogens (tertiary/aromatic N) is 3. The van der Waals surface area contributed by atoms with Crippen molar-refractivity contribution in [3.05, 3.63) is 83.4 Å². The Morgan fingerprint density at radius 1 is 0.975 bits per heavy atom. The monoisotopic (exact) mass is 550 g/mol. The summed E-state index contributed by atoms with van der Waals surface area (Å²) in [6.45, 7) is 1.46. The summed E-state index contributed by atoms with van der Waals surface area (Å²) in [5, 5.41) is 21.1. The summed E-state index contributed by atoms with van der Waals surface area (Å²) < 4.78 is 41.8. The van der Waals surface area contributed by atoms with E-state index in [-0.39, 0.29) is 11.0 Å². The molecular formula is C30H29F3N4O3. The van der Waals surface area contributed by atoms with E-state index in [1.165, 1.54) is 19.1 Å². The van der Waals surface area contributed by atoms with E-state index in [2.05, 4.69) is 4.98 Å². The van der Waals surface area contributed by atoms with Crippen molar-refractivity contribution in [2.24, 2.45) is 5.41 Å². The summed E-state index contributed by atoms with van der Waals surface area (Å²) in [7, 11) is 0. The van der Waals surface area contributed by atoms with Crippen molar-refractivity contribution >= 4 is 17.3 Å². The first-order valence-electron chi connectivity index (χ1n) is 13.2. The van der Waals surface area contributed by atoms with Crippen LogP contribution in [0.25, 0.3) is 16.8 Å². The van der Waals surface area contributed by atoms with Gasteiger partial charge in [-0.15, -0.1) is 0 Å². The van der Waals surface area contributed by atoms with Crippen molar-refractivity contribution in [1.29, 1.82) is 0 Å². The molecular weight excluding hydrogens is 521 g/mol. The van der Waals surface area contributed by atoms with Gasteiger partial charge in [-0.25, -0.2) is 9.97 Å². The van der Waals surface area contributed by atoms with Gasteiger partial charge in [-0.2, -0.15) is 13.2 Å². The molecule has 208 valence electrons. The molecule has 2 heterocycles. The van der Waals surface area contributed by atoms with E-state index in [4.69, 9.17) is 10.7 Å². The van der Waals surface area contributed by atoms with E-state index in [9.17, 15) is 28.2 Å². The highest BCUT2D eigenvalue weighted by Crippen LogP contribution is 2.58. The van der Waals surface area contributed by atoms with Gasteiger partial charge >= 0.3 is 12.1 Å². The lowest BCUT2D eigenvalue weighted by atomic mass is 9.53. The van der Waals surface area contributed by atoms with E-state index < -0.39 is 28.7 Å². The Balaban J connectivity index is 1.38. The maximum absolute atomic E-state index is 13.3. The topological polar surface area (TPSA) is 114 Å². The number of halogens is 3. The number of carboxylic acid groups (broad SMARTS) is 1. The Morgan fingerprint density at radius 2 is 1.60 bits per heavy atom. The number of aromatic nitrogens is 3. The normalized spacial score (nSPS) is 24.2. The number of imidazole rings is 1. The average molecular weight is 551 g/mol. The first-order valence-corrected chi connectivity index (χ1v) is 13.2. The number of carboxylic acids is 1. The molecule has 1 atom stereocenters. The van der Waals surface area contributed by atoms with Crippen molar-refractivity contribution in [1.82, 2.24) is 14.4 Å². The largest absolute Gasteiger partial charge is 0.481 e.